The minimum absolute atomic E-state index is 0.00344. The number of hydrogen-bond donors (Lipinski definition) is 1. The number of benzene rings is 1. The van der Waals surface area contributed by atoms with Gasteiger partial charge in [0.2, 0.25) is 0 Å². The zero-order chi connectivity index (χ0) is 17.5. The van der Waals surface area contributed by atoms with Gasteiger partial charge in [-0.3, -0.25) is 9.69 Å². The quantitative estimate of drug-likeness (QED) is 0.772. The Hall–Kier alpha value is -1.76. The third-order valence-electron chi connectivity index (χ3n) is 4.29. The number of morpholine rings is 1. The Morgan fingerprint density at radius 2 is 2.04 bits per heavy atom. The van der Waals surface area contributed by atoms with Gasteiger partial charge in [0.15, 0.2) is 0 Å². The summed E-state index contributed by atoms with van der Waals surface area (Å²) < 4.78 is 5.34. The Morgan fingerprint density at radius 1 is 1.28 bits per heavy atom. The fourth-order valence-electron chi connectivity index (χ4n) is 2.92. The lowest BCUT2D eigenvalue weighted by atomic mass is 10.2. The Balaban J connectivity index is 1.46. The van der Waals surface area contributed by atoms with Gasteiger partial charge in [0, 0.05) is 26.1 Å². The number of thiazole rings is 1. The van der Waals surface area contributed by atoms with E-state index in [1.165, 1.54) is 16.9 Å². The molecule has 134 valence electrons. The van der Waals surface area contributed by atoms with Crippen molar-refractivity contribution in [2.75, 3.05) is 39.4 Å². The maximum atomic E-state index is 12.4. The summed E-state index contributed by atoms with van der Waals surface area (Å²) in [5.41, 5.74) is 2.04. The van der Waals surface area contributed by atoms with Crippen molar-refractivity contribution in [3.05, 3.63) is 51.5 Å². The highest BCUT2D eigenvalue weighted by Gasteiger charge is 2.15. The van der Waals surface area contributed by atoms with Crippen molar-refractivity contribution in [3.63, 3.8) is 0 Å². The number of aromatic nitrogens is 1. The minimum atomic E-state index is -0.00344. The molecule has 0 aliphatic carbocycles. The van der Waals surface area contributed by atoms with E-state index in [4.69, 9.17) is 4.74 Å². The van der Waals surface area contributed by atoms with Crippen LogP contribution >= 0.6 is 11.3 Å². The fraction of sp³-hybridized carbons (Fsp3) is 0.474. The third-order valence-corrected chi connectivity index (χ3v) is 5.44. The van der Waals surface area contributed by atoms with E-state index >= 15 is 0 Å². The van der Waals surface area contributed by atoms with Crippen LogP contribution < -0.4 is 5.32 Å². The summed E-state index contributed by atoms with van der Waals surface area (Å²) in [6.45, 7) is 7.22. The molecule has 1 aromatic carbocycles. The molecule has 1 amide bonds. The van der Waals surface area contributed by atoms with Crippen LogP contribution in [0.25, 0.3) is 0 Å². The van der Waals surface area contributed by atoms with Crippen molar-refractivity contribution in [2.24, 2.45) is 0 Å². The van der Waals surface area contributed by atoms with Crippen molar-refractivity contribution >= 4 is 17.2 Å². The van der Waals surface area contributed by atoms with Gasteiger partial charge in [0.1, 0.15) is 4.88 Å². The molecular weight excluding hydrogens is 334 g/mol. The molecule has 0 atom stereocenters. The molecule has 6 heteroatoms. The largest absolute Gasteiger partial charge is 0.379 e. The molecule has 0 saturated carbocycles. The summed E-state index contributed by atoms with van der Waals surface area (Å²) in [7, 11) is 0. The van der Waals surface area contributed by atoms with Crippen LogP contribution in [0.2, 0.25) is 0 Å². The standard InChI is InChI=1S/C19H25N3O2S/c1-15-18(25-17(21-15)14-16-6-3-2-4-7-16)19(23)20-8-5-9-22-10-12-24-13-11-22/h2-4,6-7H,5,8-14H2,1H3,(H,20,23). The number of amides is 1. The van der Waals surface area contributed by atoms with Gasteiger partial charge in [-0.05, 0) is 25.5 Å². The number of aryl methyl sites for hydroxylation is 1. The SMILES string of the molecule is Cc1nc(Cc2ccccc2)sc1C(=O)NCCCN1CCOCC1. The van der Waals surface area contributed by atoms with Crippen LogP contribution in [0.1, 0.15) is 32.4 Å². The lowest BCUT2D eigenvalue weighted by Gasteiger charge is -2.26. The van der Waals surface area contributed by atoms with E-state index in [1.54, 1.807) is 0 Å². The van der Waals surface area contributed by atoms with Crippen molar-refractivity contribution in [1.82, 2.24) is 15.2 Å². The van der Waals surface area contributed by atoms with Crippen molar-refractivity contribution < 1.29 is 9.53 Å². The molecule has 1 aromatic heterocycles. The summed E-state index contributed by atoms with van der Waals surface area (Å²) in [6, 6.07) is 10.2. The molecular formula is C19H25N3O2S. The van der Waals surface area contributed by atoms with Gasteiger partial charge >= 0.3 is 0 Å². The number of nitrogens with zero attached hydrogens (tertiary/aromatic N) is 2. The molecule has 0 unspecified atom stereocenters. The molecule has 5 nitrogen and oxygen atoms in total. The number of ether oxygens (including phenoxy) is 1. The van der Waals surface area contributed by atoms with Crippen molar-refractivity contribution in [3.8, 4) is 0 Å². The number of carbonyl (C=O) groups excluding carboxylic acids is 1. The van der Waals surface area contributed by atoms with Crippen LogP contribution in [-0.4, -0.2) is 55.2 Å². The van der Waals surface area contributed by atoms with Gasteiger partial charge in [0.25, 0.3) is 5.91 Å². The highest BCUT2D eigenvalue weighted by Crippen LogP contribution is 2.20. The second-order valence-electron chi connectivity index (χ2n) is 6.25. The van der Waals surface area contributed by atoms with Gasteiger partial charge < -0.3 is 10.1 Å². The van der Waals surface area contributed by atoms with E-state index in [-0.39, 0.29) is 5.91 Å². The molecule has 2 aromatic rings. The summed E-state index contributed by atoms with van der Waals surface area (Å²) >= 11 is 1.50. The average Bonchev–Trinajstić information content (AvgIpc) is 3.00. The summed E-state index contributed by atoms with van der Waals surface area (Å²) in [5, 5.41) is 4.02. The van der Waals surface area contributed by atoms with Crippen LogP contribution in [0.4, 0.5) is 0 Å². The molecule has 1 N–H and O–H groups in total. The molecule has 0 bridgehead atoms. The van der Waals surface area contributed by atoms with Crippen LogP contribution in [0.15, 0.2) is 30.3 Å². The molecule has 1 fully saturated rings. The molecule has 1 aliphatic heterocycles. The van der Waals surface area contributed by atoms with Crippen molar-refractivity contribution in [2.45, 2.75) is 19.8 Å². The Labute approximate surface area is 153 Å². The summed E-state index contributed by atoms with van der Waals surface area (Å²) in [4.78, 5) is 20.1. The molecule has 1 aliphatic rings. The van der Waals surface area contributed by atoms with Gasteiger partial charge in [0.05, 0.1) is 23.9 Å². The maximum absolute atomic E-state index is 12.4. The van der Waals surface area contributed by atoms with Gasteiger partial charge in [-0.15, -0.1) is 11.3 Å². The van der Waals surface area contributed by atoms with E-state index in [9.17, 15) is 4.79 Å². The van der Waals surface area contributed by atoms with E-state index in [2.05, 4.69) is 27.3 Å². The summed E-state index contributed by atoms with van der Waals surface area (Å²) in [5.74, 6) is -0.00344. The first-order chi connectivity index (χ1) is 12.2. The third kappa shape index (κ3) is 5.36. The zero-order valence-electron chi connectivity index (χ0n) is 14.7. The minimum Gasteiger partial charge on any atom is -0.379 e. The van der Waals surface area contributed by atoms with Crippen LogP contribution in [0.5, 0.6) is 0 Å². The van der Waals surface area contributed by atoms with Gasteiger partial charge in [-0.2, -0.15) is 0 Å². The number of nitrogens with one attached hydrogen (secondary N) is 1. The second kappa shape index (κ2) is 9.08. The lowest BCUT2D eigenvalue weighted by molar-refractivity contribution is 0.0374. The second-order valence-corrected chi connectivity index (χ2v) is 7.33. The predicted molar refractivity (Wildman–Crippen MR) is 100 cm³/mol. The first-order valence-electron chi connectivity index (χ1n) is 8.81. The molecule has 3 rings (SSSR count). The monoisotopic (exact) mass is 359 g/mol. The van der Waals surface area contributed by atoms with Crippen LogP contribution in [-0.2, 0) is 11.2 Å². The topological polar surface area (TPSA) is 54.5 Å². The molecule has 2 heterocycles. The Bertz CT molecular complexity index is 681. The van der Waals surface area contributed by atoms with Crippen LogP contribution in [0.3, 0.4) is 0 Å². The molecule has 25 heavy (non-hydrogen) atoms. The Kier molecular flexibility index (Phi) is 6.55. The number of rotatable bonds is 7. The first kappa shape index (κ1) is 18.0. The molecule has 0 spiro atoms. The maximum Gasteiger partial charge on any atom is 0.263 e. The normalized spacial score (nSPS) is 15.2. The first-order valence-corrected chi connectivity index (χ1v) is 9.62. The number of carbonyl (C=O) groups is 1. The molecule has 0 radical (unpaired) electrons. The molecule has 1 saturated heterocycles. The highest BCUT2D eigenvalue weighted by atomic mass is 32.1. The fourth-order valence-corrected chi connectivity index (χ4v) is 3.93. The van der Waals surface area contributed by atoms with E-state index in [0.29, 0.717) is 6.54 Å². The van der Waals surface area contributed by atoms with Gasteiger partial charge in [-0.25, -0.2) is 4.98 Å². The zero-order valence-corrected chi connectivity index (χ0v) is 15.5. The average molecular weight is 359 g/mol. The Morgan fingerprint density at radius 3 is 2.80 bits per heavy atom. The van der Waals surface area contributed by atoms with E-state index in [0.717, 1.165) is 61.3 Å². The van der Waals surface area contributed by atoms with Gasteiger partial charge in [-0.1, -0.05) is 30.3 Å². The lowest BCUT2D eigenvalue weighted by Crippen LogP contribution is -2.38. The van der Waals surface area contributed by atoms with E-state index in [1.807, 2.05) is 25.1 Å². The summed E-state index contributed by atoms with van der Waals surface area (Å²) in [6.07, 6.45) is 1.73. The van der Waals surface area contributed by atoms with Crippen LogP contribution in [0, 0.1) is 6.92 Å². The highest BCUT2D eigenvalue weighted by molar-refractivity contribution is 7.13. The van der Waals surface area contributed by atoms with E-state index < -0.39 is 0 Å². The predicted octanol–water partition coefficient (Wildman–Crippen LogP) is 2.49. The van der Waals surface area contributed by atoms with Crippen molar-refractivity contribution in [1.29, 1.82) is 0 Å². The number of hydrogen-bond acceptors (Lipinski definition) is 5. The smallest absolute Gasteiger partial charge is 0.263 e.